The van der Waals surface area contributed by atoms with E-state index in [4.69, 9.17) is 22.4 Å². The van der Waals surface area contributed by atoms with Crippen LogP contribution in [-0.4, -0.2) is 35.0 Å². The molecule has 1 amide bonds. The fourth-order valence-corrected chi connectivity index (χ4v) is 1.22. The number of carbonyl (C=O) groups is 3. The van der Waals surface area contributed by atoms with Gasteiger partial charge in [0.15, 0.2) is 6.04 Å². The Labute approximate surface area is 137 Å². The summed E-state index contributed by atoms with van der Waals surface area (Å²) >= 11 is 5.47. The van der Waals surface area contributed by atoms with Gasteiger partial charge in [0.1, 0.15) is 0 Å². The molecule has 0 rings (SSSR count). The first-order chi connectivity index (χ1) is 8.16. The summed E-state index contributed by atoms with van der Waals surface area (Å²) < 4.78 is 0. The van der Waals surface area contributed by atoms with Gasteiger partial charge in [0, 0.05) is 0 Å². The summed E-state index contributed by atoms with van der Waals surface area (Å²) in [7, 11) is 0. The maximum atomic E-state index is 11.5. The first kappa shape index (κ1) is 20.7. The van der Waals surface area contributed by atoms with Crippen molar-refractivity contribution in [3.8, 4) is 0 Å². The van der Waals surface area contributed by atoms with Gasteiger partial charge in [0.25, 0.3) is 0 Å². The third-order valence-electron chi connectivity index (χ3n) is 2.09. The van der Waals surface area contributed by atoms with Crippen LogP contribution in [0, 0.1) is 5.92 Å². The summed E-state index contributed by atoms with van der Waals surface area (Å²) in [4.78, 5) is 32.7. The minimum atomic E-state index is -1.66. The second-order valence-electron chi connectivity index (χ2n) is 3.90. The molecule has 0 saturated heterocycles. The molecule has 9 heteroatoms. The fraction of sp³-hybridized carbons (Fsp3) is 0.500. The van der Waals surface area contributed by atoms with Gasteiger partial charge in [-0.1, -0.05) is 25.4 Å². The topological polar surface area (TPSA) is 133 Å². The third kappa shape index (κ3) is 7.54. The number of hydrogen-bond donors (Lipinski definition) is 3. The quantitative estimate of drug-likeness (QED) is 0.334. The summed E-state index contributed by atoms with van der Waals surface area (Å²) in [5, 5.41) is 20.6. The predicted octanol–water partition coefficient (Wildman–Crippen LogP) is -4.58. The van der Waals surface area contributed by atoms with Crippen LogP contribution >= 0.6 is 11.6 Å². The van der Waals surface area contributed by atoms with E-state index in [0.29, 0.717) is 6.08 Å². The number of rotatable bonds is 6. The van der Waals surface area contributed by atoms with Crippen molar-refractivity contribution in [3.05, 3.63) is 11.1 Å². The number of hydrogen-bond acceptors (Lipinski definition) is 5. The third-order valence-corrected chi connectivity index (χ3v) is 2.41. The molecule has 0 aliphatic carbocycles. The SMILES string of the molecule is CC(C)C(N)C(=O)NC(C(=O)O)C(Cl)=CC(=O)[O-].[Na+]. The van der Waals surface area contributed by atoms with Gasteiger partial charge in [-0.25, -0.2) is 4.79 Å². The van der Waals surface area contributed by atoms with Crippen LogP contribution in [0.15, 0.2) is 11.1 Å². The van der Waals surface area contributed by atoms with Crippen molar-refractivity contribution in [3.63, 3.8) is 0 Å². The molecule has 4 N–H and O–H groups in total. The molecule has 2 atom stereocenters. The molecular weight excluding hydrogens is 287 g/mol. The molecule has 19 heavy (non-hydrogen) atoms. The second kappa shape index (κ2) is 9.33. The van der Waals surface area contributed by atoms with Gasteiger partial charge in [-0.05, 0) is 12.0 Å². The van der Waals surface area contributed by atoms with Crippen molar-refractivity contribution >= 4 is 29.4 Å². The molecule has 0 aromatic rings. The summed E-state index contributed by atoms with van der Waals surface area (Å²) in [6.07, 6.45) is 0.390. The van der Waals surface area contributed by atoms with Crippen LogP contribution in [0.5, 0.6) is 0 Å². The Morgan fingerprint density at radius 1 is 1.37 bits per heavy atom. The number of carbonyl (C=O) groups excluding carboxylic acids is 2. The van der Waals surface area contributed by atoms with Gasteiger partial charge in [-0.2, -0.15) is 0 Å². The summed E-state index contributed by atoms with van der Waals surface area (Å²) in [6, 6.07) is -2.58. The van der Waals surface area contributed by atoms with Crippen LogP contribution in [0.1, 0.15) is 13.8 Å². The molecule has 0 aromatic carbocycles. The number of carboxylic acid groups (broad SMARTS) is 2. The van der Waals surface area contributed by atoms with E-state index in [0.717, 1.165) is 0 Å². The number of carboxylic acids is 2. The standard InChI is InChI=1S/C10H15ClN2O5.Na/c1-4(2)7(12)9(16)13-8(10(17)18)5(11)3-6(14)15;/h3-4,7-8H,12H2,1-2H3,(H,13,16)(H,14,15)(H,17,18);/q;+1/p-1. The summed E-state index contributed by atoms with van der Waals surface area (Å²) in [5.74, 6) is -4.10. The molecule has 2 unspecified atom stereocenters. The van der Waals surface area contributed by atoms with E-state index in [2.05, 4.69) is 0 Å². The Kier molecular flexibility index (Phi) is 10.2. The van der Waals surface area contributed by atoms with Crippen LogP contribution in [0.4, 0.5) is 0 Å². The second-order valence-corrected chi connectivity index (χ2v) is 4.33. The minimum absolute atomic E-state index is 0. The molecule has 7 nitrogen and oxygen atoms in total. The van der Waals surface area contributed by atoms with Crippen LogP contribution in [0.2, 0.25) is 0 Å². The smallest absolute Gasteiger partial charge is 0.545 e. The zero-order valence-corrected chi connectivity index (χ0v) is 13.6. The molecule has 0 radical (unpaired) electrons. The van der Waals surface area contributed by atoms with Gasteiger partial charge in [-0.15, -0.1) is 0 Å². The van der Waals surface area contributed by atoms with E-state index < -0.39 is 35.0 Å². The maximum Gasteiger partial charge on any atom is 1.00 e. The van der Waals surface area contributed by atoms with Gasteiger partial charge >= 0.3 is 35.5 Å². The van der Waals surface area contributed by atoms with Crippen LogP contribution in [-0.2, 0) is 14.4 Å². The summed E-state index contributed by atoms with van der Waals surface area (Å²) in [6.45, 7) is 3.36. The average molecular weight is 301 g/mol. The van der Waals surface area contributed by atoms with Gasteiger partial charge in [-0.3, -0.25) is 4.79 Å². The molecule has 102 valence electrons. The maximum absolute atomic E-state index is 11.5. The number of nitrogens with one attached hydrogen (secondary N) is 1. The van der Waals surface area contributed by atoms with E-state index >= 15 is 0 Å². The van der Waals surface area contributed by atoms with Crippen molar-refractivity contribution < 1.29 is 54.2 Å². The Hall–Kier alpha value is -0.600. The largest absolute Gasteiger partial charge is 1.00 e. The van der Waals surface area contributed by atoms with Crippen LogP contribution in [0.25, 0.3) is 0 Å². The number of halogens is 1. The zero-order valence-electron chi connectivity index (χ0n) is 10.8. The van der Waals surface area contributed by atoms with E-state index in [9.17, 15) is 19.5 Å². The fourth-order valence-electron chi connectivity index (χ4n) is 0.986. The van der Waals surface area contributed by atoms with E-state index in [1.807, 2.05) is 5.32 Å². The molecule has 0 fully saturated rings. The van der Waals surface area contributed by atoms with Gasteiger partial charge < -0.3 is 26.1 Å². The van der Waals surface area contributed by atoms with Crippen molar-refractivity contribution in [1.29, 1.82) is 0 Å². The Morgan fingerprint density at radius 2 is 1.84 bits per heavy atom. The monoisotopic (exact) mass is 300 g/mol. The van der Waals surface area contributed by atoms with Crippen LogP contribution < -0.4 is 45.7 Å². The average Bonchev–Trinajstić information content (AvgIpc) is 2.22. The molecule has 0 saturated carbocycles. The van der Waals surface area contributed by atoms with Crippen molar-refractivity contribution in [2.75, 3.05) is 0 Å². The molecule has 0 spiro atoms. The number of nitrogens with two attached hydrogens (primary N) is 1. The van der Waals surface area contributed by atoms with Crippen molar-refractivity contribution in [2.45, 2.75) is 25.9 Å². The number of aliphatic carboxylic acids is 2. The molecule has 0 aliphatic rings. The molecule has 0 heterocycles. The molecular formula is C10H14ClN2NaO5. The molecule has 0 aromatic heterocycles. The molecule has 0 aliphatic heterocycles. The van der Waals surface area contributed by atoms with E-state index in [1.165, 1.54) is 0 Å². The van der Waals surface area contributed by atoms with E-state index in [1.54, 1.807) is 13.8 Å². The molecule has 0 bridgehead atoms. The normalized spacial score (nSPS) is 14.3. The summed E-state index contributed by atoms with van der Waals surface area (Å²) in [5.41, 5.74) is 5.51. The van der Waals surface area contributed by atoms with Crippen molar-refractivity contribution in [2.24, 2.45) is 11.7 Å². The Morgan fingerprint density at radius 3 is 2.16 bits per heavy atom. The van der Waals surface area contributed by atoms with E-state index in [-0.39, 0.29) is 35.5 Å². The van der Waals surface area contributed by atoms with Crippen LogP contribution in [0.3, 0.4) is 0 Å². The Bertz CT molecular complexity index is 386. The van der Waals surface area contributed by atoms with Gasteiger partial charge in [0.2, 0.25) is 5.91 Å². The van der Waals surface area contributed by atoms with Gasteiger partial charge in [0.05, 0.1) is 17.0 Å². The minimum Gasteiger partial charge on any atom is -0.545 e. The van der Waals surface area contributed by atoms with Crippen molar-refractivity contribution in [1.82, 2.24) is 5.32 Å². The first-order valence-corrected chi connectivity index (χ1v) is 5.41. The Balaban J connectivity index is 0. The predicted molar refractivity (Wildman–Crippen MR) is 61.3 cm³/mol. The first-order valence-electron chi connectivity index (χ1n) is 5.03. The number of amides is 1. The zero-order chi connectivity index (χ0) is 14.5.